The lowest BCUT2D eigenvalue weighted by molar-refractivity contribution is -0.121. The number of amides is 1. The molecule has 0 saturated carbocycles. The second-order valence-electron chi connectivity index (χ2n) is 5.98. The SMILES string of the molecule is Cc1nn(CC(=O)NCC(C)C)c2nccc(-c3ccco3)c12. The van der Waals surface area contributed by atoms with E-state index in [1.54, 1.807) is 17.1 Å². The first-order valence-corrected chi connectivity index (χ1v) is 7.69. The van der Waals surface area contributed by atoms with Gasteiger partial charge in [0.2, 0.25) is 5.91 Å². The maximum Gasteiger partial charge on any atom is 0.241 e. The number of hydrogen-bond acceptors (Lipinski definition) is 4. The minimum atomic E-state index is -0.0618. The quantitative estimate of drug-likeness (QED) is 0.786. The van der Waals surface area contributed by atoms with Crippen molar-refractivity contribution in [1.82, 2.24) is 20.1 Å². The van der Waals surface area contributed by atoms with E-state index in [0.717, 1.165) is 22.4 Å². The Kier molecular flexibility index (Phi) is 4.14. The molecule has 0 aliphatic heterocycles. The van der Waals surface area contributed by atoms with Crippen molar-refractivity contribution in [1.29, 1.82) is 0 Å². The van der Waals surface area contributed by atoms with Gasteiger partial charge in [-0.05, 0) is 31.0 Å². The highest BCUT2D eigenvalue weighted by molar-refractivity contribution is 5.93. The zero-order valence-electron chi connectivity index (χ0n) is 13.5. The number of furan rings is 1. The first kappa shape index (κ1) is 15.3. The van der Waals surface area contributed by atoms with Crippen LogP contribution in [0.25, 0.3) is 22.4 Å². The van der Waals surface area contributed by atoms with Crippen LogP contribution in [0.2, 0.25) is 0 Å². The van der Waals surface area contributed by atoms with Gasteiger partial charge in [0.15, 0.2) is 5.65 Å². The molecule has 0 saturated heterocycles. The Morgan fingerprint density at radius 2 is 2.22 bits per heavy atom. The van der Waals surface area contributed by atoms with E-state index in [1.807, 2.05) is 25.1 Å². The topological polar surface area (TPSA) is 73.0 Å². The Balaban J connectivity index is 1.94. The van der Waals surface area contributed by atoms with Crippen LogP contribution in [-0.2, 0) is 11.3 Å². The average Bonchev–Trinajstić information content (AvgIpc) is 3.14. The Labute approximate surface area is 134 Å². The Bertz CT molecular complexity index is 819. The van der Waals surface area contributed by atoms with Crippen LogP contribution in [-0.4, -0.2) is 27.2 Å². The van der Waals surface area contributed by atoms with Crippen LogP contribution >= 0.6 is 0 Å². The number of hydrogen-bond donors (Lipinski definition) is 1. The highest BCUT2D eigenvalue weighted by Crippen LogP contribution is 2.29. The van der Waals surface area contributed by atoms with Crippen molar-refractivity contribution < 1.29 is 9.21 Å². The molecular formula is C17H20N4O2. The van der Waals surface area contributed by atoms with Crippen LogP contribution in [0.15, 0.2) is 35.1 Å². The van der Waals surface area contributed by atoms with E-state index in [-0.39, 0.29) is 12.5 Å². The summed E-state index contributed by atoms with van der Waals surface area (Å²) in [5, 5.41) is 8.30. The van der Waals surface area contributed by atoms with Gasteiger partial charge in [0.25, 0.3) is 0 Å². The molecule has 3 aromatic heterocycles. The Morgan fingerprint density at radius 1 is 1.39 bits per heavy atom. The van der Waals surface area contributed by atoms with Crippen LogP contribution in [0.4, 0.5) is 0 Å². The molecule has 0 unspecified atom stereocenters. The summed E-state index contributed by atoms with van der Waals surface area (Å²) in [5.41, 5.74) is 2.46. The van der Waals surface area contributed by atoms with Gasteiger partial charge in [0, 0.05) is 18.3 Å². The molecule has 0 atom stereocenters. The van der Waals surface area contributed by atoms with E-state index in [2.05, 4.69) is 29.2 Å². The first-order chi connectivity index (χ1) is 11.1. The van der Waals surface area contributed by atoms with Gasteiger partial charge in [0.1, 0.15) is 12.3 Å². The lowest BCUT2D eigenvalue weighted by Crippen LogP contribution is -2.31. The zero-order chi connectivity index (χ0) is 16.4. The molecule has 1 N–H and O–H groups in total. The number of pyridine rings is 1. The van der Waals surface area contributed by atoms with E-state index in [9.17, 15) is 4.79 Å². The van der Waals surface area contributed by atoms with Crippen molar-refractivity contribution in [3.63, 3.8) is 0 Å². The molecule has 0 spiro atoms. The molecule has 3 rings (SSSR count). The van der Waals surface area contributed by atoms with Crippen LogP contribution in [0.1, 0.15) is 19.5 Å². The number of fused-ring (bicyclic) bond motifs is 1. The maximum absolute atomic E-state index is 12.1. The predicted octanol–water partition coefficient (Wildman–Crippen LogP) is 2.77. The van der Waals surface area contributed by atoms with Crippen molar-refractivity contribution in [2.24, 2.45) is 5.92 Å². The second kappa shape index (κ2) is 6.24. The highest BCUT2D eigenvalue weighted by atomic mass is 16.3. The fourth-order valence-electron chi connectivity index (χ4n) is 2.54. The molecular weight excluding hydrogens is 292 g/mol. The molecule has 0 aliphatic rings. The van der Waals surface area contributed by atoms with Crippen molar-refractivity contribution in [2.75, 3.05) is 6.54 Å². The number of carbonyl (C=O) groups excluding carboxylic acids is 1. The van der Waals surface area contributed by atoms with Crippen LogP contribution in [0.3, 0.4) is 0 Å². The summed E-state index contributed by atoms with van der Waals surface area (Å²) in [5.74, 6) is 1.12. The summed E-state index contributed by atoms with van der Waals surface area (Å²) in [6.45, 7) is 6.85. The van der Waals surface area contributed by atoms with Crippen molar-refractivity contribution in [2.45, 2.75) is 27.3 Å². The van der Waals surface area contributed by atoms with Gasteiger partial charge in [-0.3, -0.25) is 4.79 Å². The van der Waals surface area contributed by atoms with E-state index < -0.39 is 0 Å². The summed E-state index contributed by atoms with van der Waals surface area (Å²) >= 11 is 0. The summed E-state index contributed by atoms with van der Waals surface area (Å²) < 4.78 is 7.14. The van der Waals surface area contributed by atoms with Gasteiger partial charge in [-0.15, -0.1) is 0 Å². The van der Waals surface area contributed by atoms with Crippen molar-refractivity contribution >= 4 is 16.9 Å². The standard InChI is InChI=1S/C17H20N4O2/c1-11(2)9-19-15(22)10-21-17-16(12(3)20-21)13(6-7-18-17)14-5-4-8-23-14/h4-8,11H,9-10H2,1-3H3,(H,19,22). The summed E-state index contributed by atoms with van der Waals surface area (Å²) in [7, 11) is 0. The molecule has 0 fully saturated rings. The third-order valence-electron chi connectivity index (χ3n) is 3.60. The molecule has 0 aliphatic carbocycles. The van der Waals surface area contributed by atoms with Crippen molar-refractivity contribution in [3.05, 3.63) is 36.4 Å². The van der Waals surface area contributed by atoms with Gasteiger partial charge >= 0.3 is 0 Å². The summed E-state index contributed by atoms with van der Waals surface area (Å²) in [6, 6.07) is 5.65. The minimum absolute atomic E-state index is 0.0618. The molecule has 1 amide bonds. The number of rotatable bonds is 5. The normalized spacial score (nSPS) is 11.3. The molecule has 23 heavy (non-hydrogen) atoms. The fraction of sp³-hybridized carbons (Fsp3) is 0.353. The third-order valence-corrected chi connectivity index (χ3v) is 3.60. The maximum atomic E-state index is 12.1. The molecule has 120 valence electrons. The van der Waals surface area contributed by atoms with Gasteiger partial charge in [-0.25, -0.2) is 9.67 Å². The van der Waals surface area contributed by atoms with Crippen molar-refractivity contribution in [3.8, 4) is 11.3 Å². The van der Waals surface area contributed by atoms with E-state index >= 15 is 0 Å². The monoisotopic (exact) mass is 312 g/mol. The fourth-order valence-corrected chi connectivity index (χ4v) is 2.54. The molecule has 3 aromatic rings. The smallest absolute Gasteiger partial charge is 0.241 e. The molecule has 0 bridgehead atoms. The molecule has 6 nitrogen and oxygen atoms in total. The van der Waals surface area contributed by atoms with Gasteiger partial charge in [0.05, 0.1) is 17.3 Å². The van der Waals surface area contributed by atoms with Crippen LogP contribution in [0, 0.1) is 12.8 Å². The van der Waals surface area contributed by atoms with Gasteiger partial charge < -0.3 is 9.73 Å². The lowest BCUT2D eigenvalue weighted by atomic mass is 10.1. The van der Waals surface area contributed by atoms with E-state index in [0.29, 0.717) is 18.1 Å². The molecule has 6 heteroatoms. The van der Waals surface area contributed by atoms with Crippen LogP contribution in [0.5, 0.6) is 0 Å². The van der Waals surface area contributed by atoms with Gasteiger partial charge in [-0.1, -0.05) is 13.8 Å². The summed E-state index contributed by atoms with van der Waals surface area (Å²) in [6.07, 6.45) is 3.35. The van der Waals surface area contributed by atoms with Gasteiger partial charge in [-0.2, -0.15) is 5.10 Å². The Hall–Kier alpha value is -2.63. The molecule has 3 heterocycles. The number of aromatic nitrogens is 3. The Morgan fingerprint density at radius 3 is 2.91 bits per heavy atom. The number of carbonyl (C=O) groups is 1. The lowest BCUT2D eigenvalue weighted by Gasteiger charge is -2.08. The van der Waals surface area contributed by atoms with E-state index in [4.69, 9.17) is 4.42 Å². The summed E-state index contributed by atoms with van der Waals surface area (Å²) in [4.78, 5) is 16.5. The van der Waals surface area contributed by atoms with Crippen LogP contribution < -0.4 is 5.32 Å². The molecule has 0 aromatic carbocycles. The number of nitrogens with zero attached hydrogens (tertiary/aromatic N) is 3. The molecule has 0 radical (unpaired) electrons. The first-order valence-electron chi connectivity index (χ1n) is 7.69. The van der Waals surface area contributed by atoms with E-state index in [1.165, 1.54) is 0 Å². The number of nitrogens with one attached hydrogen (secondary N) is 1. The average molecular weight is 312 g/mol. The second-order valence-corrected chi connectivity index (χ2v) is 5.98. The highest BCUT2D eigenvalue weighted by Gasteiger charge is 2.16. The third kappa shape index (κ3) is 3.11. The predicted molar refractivity (Wildman–Crippen MR) is 87.8 cm³/mol. The largest absolute Gasteiger partial charge is 0.464 e. The zero-order valence-corrected chi connectivity index (χ0v) is 13.5. The number of aryl methyl sites for hydroxylation is 1. The minimum Gasteiger partial charge on any atom is -0.464 e.